The van der Waals surface area contributed by atoms with Crippen LogP contribution >= 0.6 is 0 Å². The first-order chi connectivity index (χ1) is 13.6. The van der Waals surface area contributed by atoms with Gasteiger partial charge in [-0.1, -0.05) is 0 Å². The molecule has 2 rings (SSSR count). The van der Waals surface area contributed by atoms with E-state index in [9.17, 15) is 18.5 Å². The topological polar surface area (TPSA) is 112 Å². The largest absolute Gasteiger partial charge is 0.493 e. The van der Waals surface area contributed by atoms with Crippen LogP contribution in [0.4, 0.5) is 11.4 Å². The predicted octanol–water partition coefficient (Wildman–Crippen LogP) is 1.31. The summed E-state index contributed by atoms with van der Waals surface area (Å²) in [6.45, 7) is 0.386. The average Bonchev–Trinajstić information content (AvgIpc) is 2.66. The number of methoxy groups -OCH3 is 2. The van der Waals surface area contributed by atoms with E-state index < -0.39 is 14.8 Å². The Kier molecular flexibility index (Phi) is 7.04. The zero-order chi connectivity index (χ0) is 21.8. The van der Waals surface area contributed by atoms with E-state index in [0.29, 0.717) is 18.0 Å². The minimum Gasteiger partial charge on any atom is -0.493 e. The third-order valence-electron chi connectivity index (χ3n) is 4.60. The molecule has 0 amide bonds. The Morgan fingerprint density at radius 1 is 1.10 bits per heavy atom. The van der Waals surface area contributed by atoms with E-state index in [4.69, 9.17) is 9.47 Å². The molecule has 0 aliphatic heterocycles. The van der Waals surface area contributed by atoms with Gasteiger partial charge in [0.1, 0.15) is 11.7 Å². The summed E-state index contributed by atoms with van der Waals surface area (Å²) in [6.07, 6.45) is 1.02. The molecule has 0 aromatic heterocycles. The van der Waals surface area contributed by atoms with E-state index in [2.05, 4.69) is 5.32 Å². The Labute approximate surface area is 170 Å². The SMILES string of the molecule is COc1ccc([C@@H](CNc2ccc(S(C)(=O)=O)cc2[N+](=O)[O-])[NH+](C)C)cc1OC. The quantitative estimate of drug-likeness (QED) is 0.461. The van der Waals surface area contributed by atoms with Crippen LogP contribution in [0.25, 0.3) is 0 Å². The molecule has 0 heterocycles. The van der Waals surface area contributed by atoms with Crippen molar-refractivity contribution < 1.29 is 27.7 Å². The lowest BCUT2D eigenvalue weighted by atomic mass is 10.0. The number of nitrogens with one attached hydrogen (secondary N) is 2. The molecule has 0 aliphatic rings. The van der Waals surface area contributed by atoms with Gasteiger partial charge in [-0.05, 0) is 30.3 Å². The summed E-state index contributed by atoms with van der Waals surface area (Å²) in [5.74, 6) is 1.21. The van der Waals surface area contributed by atoms with Gasteiger partial charge in [-0.25, -0.2) is 8.42 Å². The van der Waals surface area contributed by atoms with Crippen LogP contribution in [-0.2, 0) is 9.84 Å². The Balaban J connectivity index is 2.33. The van der Waals surface area contributed by atoms with Crippen molar-refractivity contribution in [1.29, 1.82) is 0 Å². The summed E-state index contributed by atoms with van der Waals surface area (Å²) in [5, 5.41) is 14.5. The molecular weight excluding hydrogens is 398 g/mol. The van der Waals surface area contributed by atoms with Gasteiger partial charge in [0.25, 0.3) is 5.69 Å². The molecule has 0 bridgehead atoms. The normalized spacial score (nSPS) is 12.5. The van der Waals surface area contributed by atoms with Gasteiger partial charge in [-0.15, -0.1) is 0 Å². The highest BCUT2D eigenvalue weighted by molar-refractivity contribution is 7.90. The molecule has 0 fully saturated rings. The Bertz CT molecular complexity index is 991. The maximum Gasteiger partial charge on any atom is 0.293 e. The summed E-state index contributed by atoms with van der Waals surface area (Å²) in [7, 11) is 3.54. The maximum atomic E-state index is 11.7. The number of ether oxygens (including phenoxy) is 2. The van der Waals surface area contributed by atoms with Crippen molar-refractivity contribution in [3.05, 3.63) is 52.1 Å². The summed E-state index contributed by atoms with van der Waals surface area (Å²) in [6, 6.07) is 9.41. The zero-order valence-electron chi connectivity index (χ0n) is 17.1. The molecule has 29 heavy (non-hydrogen) atoms. The van der Waals surface area contributed by atoms with Crippen LogP contribution in [0.2, 0.25) is 0 Å². The van der Waals surface area contributed by atoms with Crippen LogP contribution < -0.4 is 19.7 Å². The van der Waals surface area contributed by atoms with Gasteiger partial charge in [-0.3, -0.25) is 10.1 Å². The van der Waals surface area contributed by atoms with Gasteiger partial charge in [0.05, 0.1) is 44.7 Å². The van der Waals surface area contributed by atoms with Crippen LogP contribution in [0.15, 0.2) is 41.3 Å². The lowest BCUT2D eigenvalue weighted by molar-refractivity contribution is -0.890. The second kappa shape index (κ2) is 9.10. The van der Waals surface area contributed by atoms with E-state index in [0.717, 1.165) is 22.8 Å². The van der Waals surface area contributed by atoms with Crippen molar-refractivity contribution in [1.82, 2.24) is 0 Å². The van der Waals surface area contributed by atoms with Crippen molar-refractivity contribution in [2.24, 2.45) is 0 Å². The minimum absolute atomic E-state index is 0.0519. The molecule has 158 valence electrons. The molecule has 0 radical (unpaired) electrons. The Morgan fingerprint density at radius 2 is 1.76 bits per heavy atom. The van der Waals surface area contributed by atoms with E-state index in [1.807, 2.05) is 32.3 Å². The Hall–Kier alpha value is -2.85. The highest BCUT2D eigenvalue weighted by atomic mass is 32.2. The van der Waals surface area contributed by atoms with Crippen molar-refractivity contribution in [2.45, 2.75) is 10.9 Å². The van der Waals surface area contributed by atoms with Crippen LogP contribution in [0.5, 0.6) is 11.5 Å². The van der Waals surface area contributed by atoms with E-state index in [1.165, 1.54) is 12.1 Å². The van der Waals surface area contributed by atoms with Crippen LogP contribution in [0, 0.1) is 10.1 Å². The fraction of sp³-hybridized carbons (Fsp3) is 0.368. The number of nitrogens with zero attached hydrogens (tertiary/aromatic N) is 1. The first-order valence-electron chi connectivity index (χ1n) is 8.82. The van der Waals surface area contributed by atoms with Crippen molar-refractivity contribution >= 4 is 21.2 Å². The molecule has 2 aromatic carbocycles. The van der Waals surface area contributed by atoms with E-state index in [1.54, 1.807) is 14.2 Å². The predicted molar refractivity (Wildman–Crippen MR) is 110 cm³/mol. The number of anilines is 1. The maximum absolute atomic E-state index is 11.7. The number of nitro benzene ring substituents is 1. The molecule has 0 saturated heterocycles. The fourth-order valence-electron chi connectivity index (χ4n) is 2.98. The first kappa shape index (κ1) is 22.4. The van der Waals surface area contributed by atoms with Crippen molar-refractivity contribution in [3.8, 4) is 11.5 Å². The van der Waals surface area contributed by atoms with E-state index in [-0.39, 0.29) is 22.3 Å². The van der Waals surface area contributed by atoms with Gasteiger partial charge in [0.2, 0.25) is 0 Å². The van der Waals surface area contributed by atoms with Gasteiger partial charge in [-0.2, -0.15) is 0 Å². The molecule has 9 nitrogen and oxygen atoms in total. The number of sulfone groups is 1. The standard InChI is InChI=1S/C19H25N3O6S/c1-21(2)17(13-6-9-18(27-3)19(10-13)28-4)12-20-15-8-7-14(29(5,25)26)11-16(15)22(23)24/h6-11,17,20H,12H2,1-5H3/p+1/t17-/m1/s1. The first-order valence-corrected chi connectivity index (χ1v) is 10.7. The van der Waals surface area contributed by atoms with E-state index >= 15 is 0 Å². The summed E-state index contributed by atoms with van der Waals surface area (Å²) < 4.78 is 34.0. The minimum atomic E-state index is -3.54. The number of likely N-dealkylation sites (N-methyl/N-ethyl adjacent to an activating group) is 1. The van der Waals surface area contributed by atoms with Crippen molar-refractivity contribution in [2.75, 3.05) is 46.4 Å². The summed E-state index contributed by atoms with van der Waals surface area (Å²) >= 11 is 0. The number of nitro groups is 1. The van der Waals surface area contributed by atoms with Gasteiger partial charge < -0.3 is 19.7 Å². The number of quaternary nitrogens is 1. The van der Waals surface area contributed by atoms with Gasteiger partial charge in [0, 0.05) is 17.9 Å². The third-order valence-corrected chi connectivity index (χ3v) is 5.71. The smallest absolute Gasteiger partial charge is 0.293 e. The highest BCUT2D eigenvalue weighted by Crippen LogP contribution is 2.31. The molecule has 0 spiro atoms. The second-order valence-corrected chi connectivity index (χ2v) is 8.85. The number of rotatable bonds is 9. The molecule has 1 atom stereocenters. The van der Waals surface area contributed by atoms with Gasteiger partial charge >= 0.3 is 0 Å². The van der Waals surface area contributed by atoms with Crippen LogP contribution in [0.3, 0.4) is 0 Å². The average molecular weight is 424 g/mol. The molecule has 0 saturated carbocycles. The van der Waals surface area contributed by atoms with Crippen LogP contribution in [-0.4, -0.2) is 54.5 Å². The monoisotopic (exact) mass is 424 g/mol. The number of hydrogen-bond donors (Lipinski definition) is 2. The zero-order valence-corrected chi connectivity index (χ0v) is 17.9. The third kappa shape index (κ3) is 5.36. The molecule has 0 aliphatic carbocycles. The molecular formula is C19H26N3O6S+. The number of hydrogen-bond acceptors (Lipinski definition) is 7. The second-order valence-electron chi connectivity index (χ2n) is 6.83. The van der Waals surface area contributed by atoms with Crippen LogP contribution in [0.1, 0.15) is 11.6 Å². The molecule has 0 unspecified atom stereocenters. The number of benzene rings is 2. The molecule has 2 N–H and O–H groups in total. The summed E-state index contributed by atoms with van der Waals surface area (Å²) in [5.41, 5.74) is 0.937. The fourth-order valence-corrected chi connectivity index (χ4v) is 3.62. The molecule has 10 heteroatoms. The molecule has 2 aromatic rings. The van der Waals surface area contributed by atoms with Gasteiger partial charge in [0.15, 0.2) is 21.3 Å². The lowest BCUT2D eigenvalue weighted by Crippen LogP contribution is -3.06. The Morgan fingerprint density at radius 3 is 2.28 bits per heavy atom. The van der Waals surface area contributed by atoms with Crippen molar-refractivity contribution in [3.63, 3.8) is 0 Å². The lowest BCUT2D eigenvalue weighted by Gasteiger charge is -2.23. The highest BCUT2D eigenvalue weighted by Gasteiger charge is 2.23. The summed E-state index contributed by atoms with van der Waals surface area (Å²) in [4.78, 5) is 11.9.